The average molecular weight is 342 g/mol. The predicted octanol–water partition coefficient (Wildman–Crippen LogP) is 6.69. The van der Waals surface area contributed by atoms with E-state index in [1.807, 2.05) is 18.2 Å². The van der Waals surface area contributed by atoms with E-state index < -0.39 is 6.36 Å². The minimum Gasteiger partial charge on any atom is -0.292 e. The van der Waals surface area contributed by atoms with Gasteiger partial charge < -0.3 is 0 Å². The molecule has 0 aliphatic heterocycles. The Kier molecular flexibility index (Phi) is 7.60. The lowest BCUT2D eigenvalue weighted by atomic mass is 9.71. The van der Waals surface area contributed by atoms with Crippen molar-refractivity contribution >= 4 is 0 Å². The Morgan fingerprint density at radius 3 is 2.33 bits per heavy atom. The summed E-state index contributed by atoms with van der Waals surface area (Å²) in [4.78, 5) is 0. The SMILES string of the molecule is CCCC1CCC(C(CCCOC(F)(F)F)c2ccccc2)CC1. The summed E-state index contributed by atoms with van der Waals surface area (Å²) in [5.41, 5.74) is 1.27. The summed E-state index contributed by atoms with van der Waals surface area (Å²) in [6, 6.07) is 10.3. The van der Waals surface area contributed by atoms with Crippen molar-refractivity contribution in [3.63, 3.8) is 0 Å². The van der Waals surface area contributed by atoms with E-state index >= 15 is 0 Å². The minimum atomic E-state index is -4.51. The van der Waals surface area contributed by atoms with Crippen molar-refractivity contribution in [3.8, 4) is 0 Å². The van der Waals surface area contributed by atoms with Crippen molar-refractivity contribution in [1.82, 2.24) is 0 Å². The van der Waals surface area contributed by atoms with Crippen LogP contribution in [0, 0.1) is 11.8 Å². The molecule has 0 N–H and O–H groups in total. The Labute approximate surface area is 143 Å². The molecule has 136 valence electrons. The highest BCUT2D eigenvalue weighted by Gasteiger charge is 2.30. The third-order valence-electron chi connectivity index (χ3n) is 5.31. The number of benzene rings is 1. The van der Waals surface area contributed by atoms with E-state index in [0.717, 1.165) is 12.3 Å². The fraction of sp³-hybridized carbons (Fsp3) is 0.700. The first kappa shape index (κ1) is 19.3. The monoisotopic (exact) mass is 342 g/mol. The summed E-state index contributed by atoms with van der Waals surface area (Å²) >= 11 is 0. The molecule has 0 heterocycles. The van der Waals surface area contributed by atoms with E-state index in [4.69, 9.17) is 0 Å². The lowest BCUT2D eigenvalue weighted by Gasteiger charge is -2.34. The minimum absolute atomic E-state index is 0.238. The van der Waals surface area contributed by atoms with Crippen molar-refractivity contribution in [2.45, 2.75) is 70.6 Å². The first-order valence-electron chi connectivity index (χ1n) is 9.25. The van der Waals surface area contributed by atoms with Gasteiger partial charge in [0, 0.05) is 0 Å². The smallest absolute Gasteiger partial charge is 0.292 e. The lowest BCUT2D eigenvalue weighted by molar-refractivity contribution is -0.324. The summed E-state index contributed by atoms with van der Waals surface area (Å²) in [6.07, 6.45) is 4.18. The average Bonchev–Trinajstić information content (AvgIpc) is 2.56. The van der Waals surface area contributed by atoms with Gasteiger partial charge in [-0.2, -0.15) is 0 Å². The van der Waals surface area contributed by atoms with E-state index in [0.29, 0.717) is 18.3 Å². The highest BCUT2D eigenvalue weighted by molar-refractivity contribution is 5.20. The van der Waals surface area contributed by atoms with E-state index in [2.05, 4.69) is 23.8 Å². The molecule has 0 amide bonds. The van der Waals surface area contributed by atoms with Gasteiger partial charge in [-0.3, -0.25) is 4.74 Å². The number of hydrogen-bond donors (Lipinski definition) is 0. The van der Waals surface area contributed by atoms with Gasteiger partial charge in [-0.05, 0) is 49.0 Å². The number of alkyl halides is 3. The van der Waals surface area contributed by atoms with Gasteiger partial charge >= 0.3 is 6.36 Å². The van der Waals surface area contributed by atoms with Gasteiger partial charge in [0.2, 0.25) is 0 Å². The van der Waals surface area contributed by atoms with Crippen LogP contribution in [0.25, 0.3) is 0 Å². The lowest BCUT2D eigenvalue weighted by Crippen LogP contribution is -2.21. The molecule has 1 nitrogen and oxygen atoms in total. The zero-order chi connectivity index (χ0) is 17.4. The van der Waals surface area contributed by atoms with E-state index in [1.54, 1.807) is 0 Å². The molecule has 1 saturated carbocycles. The molecule has 1 aliphatic rings. The highest BCUT2D eigenvalue weighted by Crippen LogP contribution is 2.41. The van der Waals surface area contributed by atoms with Gasteiger partial charge in [0.1, 0.15) is 0 Å². The first-order valence-corrected chi connectivity index (χ1v) is 9.25. The van der Waals surface area contributed by atoms with Crippen LogP contribution in [-0.4, -0.2) is 13.0 Å². The molecule has 1 aromatic carbocycles. The maximum absolute atomic E-state index is 12.2. The Hall–Kier alpha value is -1.03. The number of rotatable bonds is 8. The Morgan fingerprint density at radius 2 is 1.75 bits per heavy atom. The summed E-state index contributed by atoms with van der Waals surface area (Å²) in [6.45, 7) is 2.00. The second kappa shape index (κ2) is 9.45. The Bertz CT molecular complexity index is 450. The molecule has 0 bridgehead atoms. The molecule has 0 spiro atoms. The third-order valence-corrected chi connectivity index (χ3v) is 5.31. The second-order valence-corrected chi connectivity index (χ2v) is 7.02. The molecule has 0 radical (unpaired) electrons. The molecule has 1 fully saturated rings. The quantitative estimate of drug-likeness (QED) is 0.478. The van der Waals surface area contributed by atoms with Gasteiger partial charge in [-0.1, -0.05) is 62.9 Å². The van der Waals surface area contributed by atoms with Crippen molar-refractivity contribution in [2.75, 3.05) is 6.61 Å². The molecule has 0 aromatic heterocycles. The fourth-order valence-electron chi connectivity index (χ4n) is 4.15. The van der Waals surface area contributed by atoms with Gasteiger partial charge in [0.25, 0.3) is 0 Å². The molecule has 1 atom stereocenters. The van der Waals surface area contributed by atoms with E-state index in [9.17, 15) is 13.2 Å². The molecule has 1 aromatic rings. The normalized spacial score (nSPS) is 23.2. The summed E-state index contributed by atoms with van der Waals surface area (Å²) < 4.78 is 40.4. The number of ether oxygens (including phenoxy) is 1. The second-order valence-electron chi connectivity index (χ2n) is 7.02. The topological polar surface area (TPSA) is 9.23 Å². The number of hydrogen-bond acceptors (Lipinski definition) is 1. The highest BCUT2D eigenvalue weighted by atomic mass is 19.4. The van der Waals surface area contributed by atoms with Crippen LogP contribution >= 0.6 is 0 Å². The zero-order valence-electron chi connectivity index (χ0n) is 14.5. The largest absolute Gasteiger partial charge is 0.522 e. The van der Waals surface area contributed by atoms with Gasteiger partial charge in [-0.25, -0.2) is 0 Å². The fourth-order valence-corrected chi connectivity index (χ4v) is 4.15. The maximum Gasteiger partial charge on any atom is 0.522 e. The number of halogens is 3. The van der Waals surface area contributed by atoms with Gasteiger partial charge in [0.15, 0.2) is 0 Å². The van der Waals surface area contributed by atoms with Crippen LogP contribution in [0.15, 0.2) is 30.3 Å². The Balaban J connectivity index is 1.92. The standard InChI is InChI=1S/C20H29F3O/c1-2-7-16-11-13-18(14-12-16)19(17-8-4-3-5-9-17)10-6-15-24-20(21,22)23/h3-5,8-9,16,18-19H,2,6-7,10-15H2,1H3. The third kappa shape index (κ3) is 6.46. The van der Waals surface area contributed by atoms with Crippen molar-refractivity contribution in [1.29, 1.82) is 0 Å². The van der Waals surface area contributed by atoms with Gasteiger partial charge in [-0.15, -0.1) is 13.2 Å². The first-order chi connectivity index (χ1) is 11.5. The molecule has 4 heteroatoms. The maximum atomic E-state index is 12.2. The van der Waals surface area contributed by atoms with Crippen molar-refractivity contribution in [3.05, 3.63) is 35.9 Å². The molecular formula is C20H29F3O. The summed E-state index contributed by atoms with van der Waals surface area (Å²) in [7, 11) is 0. The molecule has 1 aliphatic carbocycles. The van der Waals surface area contributed by atoms with Crippen LogP contribution < -0.4 is 0 Å². The van der Waals surface area contributed by atoms with Crippen molar-refractivity contribution in [2.24, 2.45) is 11.8 Å². The molecule has 2 rings (SSSR count). The van der Waals surface area contributed by atoms with Crippen LogP contribution in [0.1, 0.15) is 69.8 Å². The van der Waals surface area contributed by atoms with Crippen molar-refractivity contribution < 1.29 is 17.9 Å². The summed E-state index contributed by atoms with van der Waals surface area (Å²) in [5.74, 6) is 1.79. The molecule has 0 saturated heterocycles. The zero-order valence-corrected chi connectivity index (χ0v) is 14.5. The summed E-state index contributed by atoms with van der Waals surface area (Å²) in [5, 5.41) is 0. The molecular weight excluding hydrogens is 313 g/mol. The molecule has 1 unspecified atom stereocenters. The van der Waals surface area contributed by atoms with Gasteiger partial charge in [0.05, 0.1) is 6.61 Å². The van der Waals surface area contributed by atoms with Crippen LogP contribution in [0.2, 0.25) is 0 Å². The van der Waals surface area contributed by atoms with E-state index in [1.165, 1.54) is 44.1 Å². The van der Waals surface area contributed by atoms with E-state index in [-0.39, 0.29) is 6.61 Å². The van der Waals surface area contributed by atoms with Crippen LogP contribution in [0.4, 0.5) is 13.2 Å². The van der Waals surface area contributed by atoms with Crippen LogP contribution in [0.5, 0.6) is 0 Å². The predicted molar refractivity (Wildman–Crippen MR) is 90.8 cm³/mol. The van der Waals surface area contributed by atoms with Crippen LogP contribution in [-0.2, 0) is 4.74 Å². The molecule has 24 heavy (non-hydrogen) atoms. The van der Waals surface area contributed by atoms with Crippen LogP contribution in [0.3, 0.4) is 0 Å². The Morgan fingerprint density at radius 1 is 1.08 bits per heavy atom.